The van der Waals surface area contributed by atoms with Gasteiger partial charge in [-0.05, 0) is 54.3 Å². The molecule has 2 amide bonds. The number of hydrogen-bond acceptors (Lipinski definition) is 3. The van der Waals surface area contributed by atoms with E-state index < -0.39 is 5.91 Å². The molecule has 0 bridgehead atoms. The summed E-state index contributed by atoms with van der Waals surface area (Å²) in [7, 11) is 1.69. The smallest absolute Gasteiger partial charge is 0.251 e. The van der Waals surface area contributed by atoms with E-state index in [9.17, 15) is 14.0 Å². The molecular formula is C21H27FIN5O2. The van der Waals surface area contributed by atoms with E-state index in [1.54, 1.807) is 25.2 Å². The molecule has 0 unspecified atom stereocenters. The molecule has 0 heterocycles. The molecule has 0 aromatic heterocycles. The highest BCUT2D eigenvalue weighted by Gasteiger charge is 2.07. The Kier molecular flexibility index (Phi) is 10.8. The van der Waals surface area contributed by atoms with Crippen LogP contribution in [0, 0.1) is 12.7 Å². The van der Waals surface area contributed by atoms with Gasteiger partial charge in [0.15, 0.2) is 5.96 Å². The third kappa shape index (κ3) is 8.36. The van der Waals surface area contributed by atoms with Gasteiger partial charge in [0.05, 0.1) is 6.54 Å². The van der Waals surface area contributed by atoms with Gasteiger partial charge in [0, 0.05) is 25.7 Å². The summed E-state index contributed by atoms with van der Waals surface area (Å²) < 4.78 is 13.2. The lowest BCUT2D eigenvalue weighted by atomic mass is 10.1. The Labute approximate surface area is 192 Å². The summed E-state index contributed by atoms with van der Waals surface area (Å²) in [5.41, 5.74) is 8.44. The Balaban J connectivity index is 0.00000450. The van der Waals surface area contributed by atoms with Gasteiger partial charge in [-0.3, -0.25) is 14.6 Å². The highest BCUT2D eigenvalue weighted by Crippen LogP contribution is 2.10. The first-order valence-corrected chi connectivity index (χ1v) is 9.24. The van der Waals surface area contributed by atoms with Gasteiger partial charge in [0.25, 0.3) is 5.91 Å². The second-order valence-corrected chi connectivity index (χ2v) is 6.52. The van der Waals surface area contributed by atoms with E-state index >= 15 is 0 Å². The number of guanidine groups is 1. The minimum atomic E-state index is -0.590. The van der Waals surface area contributed by atoms with E-state index in [2.05, 4.69) is 20.9 Å². The van der Waals surface area contributed by atoms with E-state index in [1.165, 1.54) is 12.1 Å². The van der Waals surface area contributed by atoms with Crippen LogP contribution in [0.2, 0.25) is 0 Å². The van der Waals surface area contributed by atoms with E-state index in [0.29, 0.717) is 24.6 Å². The van der Waals surface area contributed by atoms with Crippen LogP contribution < -0.4 is 21.7 Å². The lowest BCUT2D eigenvalue weighted by Gasteiger charge is -2.13. The van der Waals surface area contributed by atoms with E-state index in [-0.39, 0.29) is 42.2 Å². The molecule has 0 aliphatic heterocycles. The standard InChI is InChI=1S/C21H26FN5O2.HI/c1-14-11-18(22)8-7-16(14)9-10-25-21(24-2)27-12-15-3-5-17(6-4-15)20(29)26-13-19(23)28;/h3-8,11H,9-10,12-13H2,1-2H3,(H2,23,28)(H,26,29)(H2,24,25,27);1H. The molecule has 5 N–H and O–H groups in total. The number of primary amides is 1. The molecule has 7 nitrogen and oxygen atoms in total. The number of amides is 2. The molecule has 162 valence electrons. The van der Waals surface area contributed by atoms with Gasteiger partial charge in [-0.15, -0.1) is 24.0 Å². The monoisotopic (exact) mass is 527 g/mol. The number of hydrogen-bond donors (Lipinski definition) is 4. The van der Waals surface area contributed by atoms with Crippen LogP contribution >= 0.6 is 24.0 Å². The second kappa shape index (κ2) is 12.8. The lowest BCUT2D eigenvalue weighted by molar-refractivity contribution is -0.117. The third-order valence-electron chi connectivity index (χ3n) is 4.31. The zero-order chi connectivity index (χ0) is 21.2. The highest BCUT2D eigenvalue weighted by atomic mass is 127. The molecule has 0 aliphatic rings. The molecule has 0 spiro atoms. The molecule has 30 heavy (non-hydrogen) atoms. The molecule has 0 fully saturated rings. The van der Waals surface area contributed by atoms with Crippen LogP contribution in [0.1, 0.15) is 27.0 Å². The van der Waals surface area contributed by atoms with Crippen LogP contribution in [0.25, 0.3) is 0 Å². The molecule has 0 saturated heterocycles. The van der Waals surface area contributed by atoms with Gasteiger partial charge >= 0.3 is 0 Å². The predicted molar refractivity (Wildman–Crippen MR) is 126 cm³/mol. The van der Waals surface area contributed by atoms with Crippen molar-refractivity contribution in [1.82, 2.24) is 16.0 Å². The average Bonchev–Trinajstić information content (AvgIpc) is 2.70. The van der Waals surface area contributed by atoms with Crippen molar-refractivity contribution in [1.29, 1.82) is 0 Å². The summed E-state index contributed by atoms with van der Waals surface area (Å²) in [4.78, 5) is 26.8. The number of rotatable bonds is 8. The van der Waals surface area contributed by atoms with Crippen molar-refractivity contribution >= 4 is 41.8 Å². The largest absolute Gasteiger partial charge is 0.368 e. The van der Waals surface area contributed by atoms with Gasteiger partial charge in [0.1, 0.15) is 5.82 Å². The van der Waals surface area contributed by atoms with Gasteiger partial charge in [-0.2, -0.15) is 0 Å². The molecule has 0 atom stereocenters. The number of nitrogens with one attached hydrogen (secondary N) is 3. The van der Waals surface area contributed by atoms with Crippen LogP contribution in [0.5, 0.6) is 0 Å². The molecule has 2 aromatic rings. The number of halogens is 2. The maximum Gasteiger partial charge on any atom is 0.251 e. The Bertz CT molecular complexity index is 887. The maximum absolute atomic E-state index is 13.2. The van der Waals surface area contributed by atoms with Crippen molar-refractivity contribution < 1.29 is 14.0 Å². The Hall–Kier alpha value is -2.69. The number of carbonyl (C=O) groups excluding carboxylic acids is 2. The molecular weight excluding hydrogens is 500 g/mol. The fraction of sp³-hybridized carbons (Fsp3) is 0.286. The molecule has 2 aromatic carbocycles. The number of aliphatic imine (C=N–C) groups is 1. The lowest BCUT2D eigenvalue weighted by Crippen LogP contribution is -2.38. The van der Waals surface area contributed by atoms with E-state index in [0.717, 1.165) is 23.1 Å². The van der Waals surface area contributed by atoms with Gasteiger partial charge < -0.3 is 21.7 Å². The second-order valence-electron chi connectivity index (χ2n) is 6.52. The quantitative estimate of drug-likeness (QED) is 0.239. The average molecular weight is 527 g/mol. The number of aryl methyl sites for hydroxylation is 1. The first-order valence-electron chi connectivity index (χ1n) is 9.24. The van der Waals surface area contributed by atoms with Gasteiger partial charge in [-0.1, -0.05) is 18.2 Å². The van der Waals surface area contributed by atoms with E-state index in [1.807, 2.05) is 19.1 Å². The number of nitrogens with zero attached hydrogens (tertiary/aromatic N) is 1. The molecule has 2 rings (SSSR count). The van der Waals surface area contributed by atoms with Gasteiger partial charge in [-0.25, -0.2) is 4.39 Å². The van der Waals surface area contributed by atoms with Crippen molar-refractivity contribution in [3.05, 3.63) is 70.5 Å². The Morgan fingerprint density at radius 2 is 1.77 bits per heavy atom. The van der Waals surface area contributed by atoms with Crippen molar-refractivity contribution in [3.8, 4) is 0 Å². The summed E-state index contributed by atoms with van der Waals surface area (Å²) in [6.07, 6.45) is 0.752. The zero-order valence-corrected chi connectivity index (χ0v) is 19.3. The fourth-order valence-corrected chi connectivity index (χ4v) is 2.71. The minimum Gasteiger partial charge on any atom is -0.368 e. The summed E-state index contributed by atoms with van der Waals surface area (Å²) in [6, 6.07) is 11.8. The van der Waals surface area contributed by atoms with Crippen LogP contribution in [0.15, 0.2) is 47.5 Å². The first-order chi connectivity index (χ1) is 13.9. The molecule has 0 saturated carbocycles. The van der Waals surface area contributed by atoms with Crippen LogP contribution in [-0.4, -0.2) is 37.9 Å². The first kappa shape index (κ1) is 25.3. The molecule has 9 heteroatoms. The van der Waals surface area contributed by atoms with Crippen molar-refractivity contribution in [2.75, 3.05) is 20.1 Å². The Morgan fingerprint density at radius 1 is 1.07 bits per heavy atom. The summed E-state index contributed by atoms with van der Waals surface area (Å²) >= 11 is 0. The van der Waals surface area contributed by atoms with E-state index in [4.69, 9.17) is 5.73 Å². The van der Waals surface area contributed by atoms with Crippen molar-refractivity contribution in [2.45, 2.75) is 19.9 Å². The number of nitrogens with two attached hydrogens (primary N) is 1. The van der Waals surface area contributed by atoms with Crippen LogP contribution in [0.3, 0.4) is 0 Å². The number of benzene rings is 2. The Morgan fingerprint density at radius 3 is 2.37 bits per heavy atom. The summed E-state index contributed by atoms with van der Waals surface area (Å²) in [6.45, 7) is 2.88. The van der Waals surface area contributed by atoms with Crippen LogP contribution in [-0.2, 0) is 17.8 Å². The summed E-state index contributed by atoms with van der Waals surface area (Å²) in [5, 5.41) is 8.87. The minimum absolute atomic E-state index is 0. The fourth-order valence-electron chi connectivity index (χ4n) is 2.71. The molecule has 0 radical (unpaired) electrons. The maximum atomic E-state index is 13.2. The predicted octanol–water partition coefficient (Wildman–Crippen LogP) is 1.87. The summed E-state index contributed by atoms with van der Waals surface area (Å²) in [5.74, 6) is -0.523. The third-order valence-corrected chi connectivity index (χ3v) is 4.31. The zero-order valence-electron chi connectivity index (χ0n) is 17.0. The molecule has 0 aliphatic carbocycles. The van der Waals surface area contributed by atoms with Crippen LogP contribution in [0.4, 0.5) is 4.39 Å². The topological polar surface area (TPSA) is 109 Å². The normalized spacial score (nSPS) is 10.7. The SMILES string of the molecule is CN=C(NCCc1ccc(F)cc1C)NCc1ccc(C(=O)NCC(N)=O)cc1.I. The highest BCUT2D eigenvalue weighted by molar-refractivity contribution is 14.0. The van der Waals surface area contributed by atoms with Crippen molar-refractivity contribution in [3.63, 3.8) is 0 Å². The van der Waals surface area contributed by atoms with Gasteiger partial charge in [0.2, 0.25) is 5.91 Å². The van der Waals surface area contributed by atoms with Crippen molar-refractivity contribution in [2.24, 2.45) is 10.7 Å². The number of carbonyl (C=O) groups is 2.